The standard InChI is InChI=1S/C15H25NO4/c17-14(11-13-6-2-4-10-20-13)16-9-3-1-5-12(16)7-8-15(18)19/h12-13H,1-11H2,(H,18,19)/t12-,13-/m1/s1. The molecule has 114 valence electrons. The van der Waals surface area contributed by atoms with E-state index in [1.807, 2.05) is 4.90 Å². The number of carboxylic acids is 1. The maximum atomic E-state index is 12.4. The second-order valence-corrected chi connectivity index (χ2v) is 5.86. The van der Waals surface area contributed by atoms with E-state index in [2.05, 4.69) is 0 Å². The summed E-state index contributed by atoms with van der Waals surface area (Å²) in [4.78, 5) is 25.0. The fraction of sp³-hybridized carbons (Fsp3) is 0.867. The molecular weight excluding hydrogens is 258 g/mol. The number of carbonyl (C=O) groups is 2. The van der Waals surface area contributed by atoms with Gasteiger partial charge in [0, 0.05) is 25.6 Å². The van der Waals surface area contributed by atoms with Crippen LogP contribution in [0.15, 0.2) is 0 Å². The van der Waals surface area contributed by atoms with Gasteiger partial charge >= 0.3 is 5.97 Å². The zero-order chi connectivity index (χ0) is 14.4. The van der Waals surface area contributed by atoms with Crippen molar-refractivity contribution in [1.82, 2.24) is 4.90 Å². The van der Waals surface area contributed by atoms with E-state index in [9.17, 15) is 9.59 Å². The molecule has 0 spiro atoms. The van der Waals surface area contributed by atoms with E-state index in [4.69, 9.17) is 9.84 Å². The van der Waals surface area contributed by atoms with Gasteiger partial charge in [0.25, 0.3) is 0 Å². The first-order valence-corrected chi connectivity index (χ1v) is 7.79. The van der Waals surface area contributed by atoms with Crippen LogP contribution in [-0.2, 0) is 14.3 Å². The van der Waals surface area contributed by atoms with Gasteiger partial charge in [-0.3, -0.25) is 9.59 Å². The molecule has 0 unspecified atom stereocenters. The van der Waals surface area contributed by atoms with E-state index >= 15 is 0 Å². The molecule has 0 saturated carbocycles. The Morgan fingerprint density at radius 1 is 1.15 bits per heavy atom. The lowest BCUT2D eigenvalue weighted by Crippen LogP contribution is -2.45. The third-order valence-corrected chi connectivity index (χ3v) is 4.32. The van der Waals surface area contributed by atoms with E-state index in [1.165, 1.54) is 0 Å². The number of nitrogens with zero attached hydrogens (tertiary/aromatic N) is 1. The van der Waals surface area contributed by atoms with Crippen LogP contribution in [0.3, 0.4) is 0 Å². The Morgan fingerprint density at radius 3 is 2.65 bits per heavy atom. The Bertz CT molecular complexity index is 339. The summed E-state index contributed by atoms with van der Waals surface area (Å²) >= 11 is 0. The minimum absolute atomic E-state index is 0.0679. The third-order valence-electron chi connectivity index (χ3n) is 4.32. The van der Waals surface area contributed by atoms with Crippen molar-refractivity contribution < 1.29 is 19.4 Å². The summed E-state index contributed by atoms with van der Waals surface area (Å²) in [5.41, 5.74) is 0. The van der Waals surface area contributed by atoms with Crippen LogP contribution in [0, 0.1) is 0 Å². The molecule has 20 heavy (non-hydrogen) atoms. The van der Waals surface area contributed by atoms with Crippen molar-refractivity contribution in [2.24, 2.45) is 0 Å². The zero-order valence-electron chi connectivity index (χ0n) is 12.1. The lowest BCUT2D eigenvalue weighted by atomic mass is 9.96. The molecule has 2 aliphatic heterocycles. The molecular formula is C15H25NO4. The Morgan fingerprint density at radius 2 is 1.95 bits per heavy atom. The highest BCUT2D eigenvalue weighted by molar-refractivity contribution is 5.77. The number of carbonyl (C=O) groups excluding carboxylic acids is 1. The molecule has 1 amide bonds. The van der Waals surface area contributed by atoms with Gasteiger partial charge in [-0.05, 0) is 44.9 Å². The summed E-state index contributed by atoms with van der Waals surface area (Å²) in [6.07, 6.45) is 7.51. The minimum atomic E-state index is -0.779. The second-order valence-electron chi connectivity index (χ2n) is 5.86. The van der Waals surface area contributed by atoms with Crippen molar-refractivity contribution in [3.05, 3.63) is 0 Å². The summed E-state index contributed by atoms with van der Waals surface area (Å²) in [6.45, 7) is 1.54. The summed E-state index contributed by atoms with van der Waals surface area (Å²) < 4.78 is 5.63. The smallest absolute Gasteiger partial charge is 0.303 e. The van der Waals surface area contributed by atoms with Crippen LogP contribution < -0.4 is 0 Å². The molecule has 0 aromatic carbocycles. The fourth-order valence-corrected chi connectivity index (χ4v) is 3.20. The summed E-state index contributed by atoms with van der Waals surface area (Å²) in [6, 6.07) is 0.107. The summed E-state index contributed by atoms with van der Waals surface area (Å²) in [5, 5.41) is 8.81. The topological polar surface area (TPSA) is 66.8 Å². The van der Waals surface area contributed by atoms with E-state index < -0.39 is 5.97 Å². The molecule has 1 N–H and O–H groups in total. The minimum Gasteiger partial charge on any atom is -0.481 e. The third kappa shape index (κ3) is 4.47. The van der Waals surface area contributed by atoms with Crippen LogP contribution in [0.4, 0.5) is 0 Å². The highest BCUT2D eigenvalue weighted by atomic mass is 16.5. The van der Waals surface area contributed by atoms with Gasteiger partial charge in [0.2, 0.25) is 5.91 Å². The van der Waals surface area contributed by atoms with Gasteiger partial charge in [-0.2, -0.15) is 0 Å². The van der Waals surface area contributed by atoms with Crippen LogP contribution in [0.2, 0.25) is 0 Å². The van der Waals surface area contributed by atoms with Crippen LogP contribution in [-0.4, -0.2) is 47.2 Å². The van der Waals surface area contributed by atoms with Gasteiger partial charge in [-0.15, -0.1) is 0 Å². The van der Waals surface area contributed by atoms with Crippen molar-refractivity contribution in [3.8, 4) is 0 Å². The van der Waals surface area contributed by atoms with Gasteiger partial charge < -0.3 is 14.7 Å². The van der Waals surface area contributed by atoms with E-state index in [0.717, 1.165) is 51.7 Å². The largest absolute Gasteiger partial charge is 0.481 e. The second kappa shape index (κ2) is 7.62. The predicted octanol–water partition coefficient (Wildman–Crippen LogP) is 2.19. The molecule has 0 radical (unpaired) electrons. The first-order valence-electron chi connectivity index (χ1n) is 7.79. The highest BCUT2D eigenvalue weighted by Gasteiger charge is 2.29. The number of hydrogen-bond donors (Lipinski definition) is 1. The number of rotatable bonds is 5. The SMILES string of the molecule is O=C(O)CC[C@H]1CCCCN1C(=O)C[C@H]1CCCCO1. The first-order chi connectivity index (χ1) is 9.66. The average Bonchev–Trinajstić information content (AvgIpc) is 2.46. The molecule has 2 heterocycles. The molecule has 0 aromatic rings. The molecule has 2 fully saturated rings. The predicted molar refractivity (Wildman–Crippen MR) is 74.4 cm³/mol. The molecule has 2 rings (SSSR count). The Balaban J connectivity index is 1.85. The summed E-state index contributed by atoms with van der Waals surface area (Å²) in [5.74, 6) is -0.634. The quantitative estimate of drug-likeness (QED) is 0.840. The highest BCUT2D eigenvalue weighted by Crippen LogP contribution is 2.24. The van der Waals surface area contributed by atoms with Crippen molar-refractivity contribution in [2.75, 3.05) is 13.2 Å². The van der Waals surface area contributed by atoms with Gasteiger partial charge in [0.05, 0.1) is 12.5 Å². The Labute approximate surface area is 120 Å². The van der Waals surface area contributed by atoms with Gasteiger partial charge in [-0.25, -0.2) is 0 Å². The number of aliphatic carboxylic acids is 1. The Kier molecular flexibility index (Phi) is 5.83. The number of hydrogen-bond acceptors (Lipinski definition) is 3. The lowest BCUT2D eigenvalue weighted by Gasteiger charge is -2.37. The van der Waals surface area contributed by atoms with Crippen LogP contribution in [0.5, 0.6) is 0 Å². The first kappa shape index (κ1) is 15.3. The summed E-state index contributed by atoms with van der Waals surface area (Å²) in [7, 11) is 0. The monoisotopic (exact) mass is 283 g/mol. The normalized spacial score (nSPS) is 27.3. The molecule has 0 aliphatic carbocycles. The van der Waals surface area contributed by atoms with Crippen LogP contribution in [0.1, 0.15) is 57.8 Å². The molecule has 2 atom stereocenters. The van der Waals surface area contributed by atoms with Gasteiger partial charge in [0.1, 0.15) is 0 Å². The van der Waals surface area contributed by atoms with Crippen molar-refractivity contribution in [2.45, 2.75) is 69.9 Å². The zero-order valence-corrected chi connectivity index (χ0v) is 12.1. The number of ether oxygens (including phenoxy) is 1. The van der Waals surface area contributed by atoms with E-state index in [-0.39, 0.29) is 24.5 Å². The molecule has 2 saturated heterocycles. The van der Waals surface area contributed by atoms with Crippen molar-refractivity contribution in [3.63, 3.8) is 0 Å². The van der Waals surface area contributed by atoms with Crippen LogP contribution in [0.25, 0.3) is 0 Å². The van der Waals surface area contributed by atoms with E-state index in [1.54, 1.807) is 0 Å². The van der Waals surface area contributed by atoms with E-state index in [0.29, 0.717) is 12.8 Å². The number of likely N-dealkylation sites (tertiary alicyclic amines) is 1. The number of piperidine rings is 1. The Hall–Kier alpha value is -1.10. The molecule has 0 aromatic heterocycles. The number of carboxylic acid groups (broad SMARTS) is 1. The molecule has 5 nitrogen and oxygen atoms in total. The van der Waals surface area contributed by atoms with Crippen molar-refractivity contribution >= 4 is 11.9 Å². The number of amides is 1. The van der Waals surface area contributed by atoms with Crippen molar-refractivity contribution in [1.29, 1.82) is 0 Å². The average molecular weight is 283 g/mol. The maximum Gasteiger partial charge on any atom is 0.303 e. The molecule has 0 bridgehead atoms. The fourth-order valence-electron chi connectivity index (χ4n) is 3.20. The lowest BCUT2D eigenvalue weighted by molar-refractivity contribution is -0.142. The van der Waals surface area contributed by atoms with Gasteiger partial charge in [-0.1, -0.05) is 0 Å². The molecule has 2 aliphatic rings. The van der Waals surface area contributed by atoms with Crippen LogP contribution >= 0.6 is 0 Å². The van der Waals surface area contributed by atoms with Gasteiger partial charge in [0.15, 0.2) is 0 Å². The molecule has 5 heteroatoms. The maximum absolute atomic E-state index is 12.4.